The highest BCUT2D eigenvalue weighted by Crippen LogP contribution is 2.35. The lowest BCUT2D eigenvalue weighted by molar-refractivity contribution is -0.0696. The monoisotopic (exact) mass is 492 g/mol. The largest absolute Gasteiger partial charge is 0.458 e. The van der Waals surface area contributed by atoms with Gasteiger partial charge in [-0.1, -0.05) is 37.8 Å². The zero-order valence-corrected chi connectivity index (χ0v) is 19.2. The molecule has 0 atom stereocenters. The second-order valence-electron chi connectivity index (χ2n) is 8.81. The van der Waals surface area contributed by atoms with Gasteiger partial charge in [0.15, 0.2) is 5.82 Å². The number of fused-ring (bicyclic) bond motifs is 1. The van der Waals surface area contributed by atoms with E-state index in [0.717, 1.165) is 34.6 Å². The van der Waals surface area contributed by atoms with E-state index in [1.165, 1.54) is 37.7 Å². The van der Waals surface area contributed by atoms with Crippen molar-refractivity contribution in [2.75, 3.05) is 5.75 Å². The highest BCUT2D eigenvalue weighted by Gasteiger charge is 2.24. The third-order valence-corrected chi connectivity index (χ3v) is 7.46. The second-order valence-corrected chi connectivity index (χ2v) is 9.91. The van der Waals surface area contributed by atoms with E-state index >= 15 is 0 Å². The summed E-state index contributed by atoms with van der Waals surface area (Å²) in [4.78, 5) is 1.09. The zero-order valence-electron chi connectivity index (χ0n) is 18.4. The van der Waals surface area contributed by atoms with Crippen LogP contribution in [-0.4, -0.2) is 11.9 Å². The van der Waals surface area contributed by atoms with Crippen molar-refractivity contribution in [2.24, 2.45) is 11.8 Å². The van der Waals surface area contributed by atoms with Crippen molar-refractivity contribution in [1.82, 2.24) is 0 Å². The second kappa shape index (κ2) is 9.95. The van der Waals surface area contributed by atoms with Crippen LogP contribution in [0.15, 0.2) is 47.4 Å². The molecule has 0 bridgehead atoms. The molecule has 3 aromatic rings. The van der Waals surface area contributed by atoms with Gasteiger partial charge in [-0.2, -0.15) is 13.2 Å². The average Bonchev–Trinajstić information content (AvgIpc) is 2.77. The van der Waals surface area contributed by atoms with E-state index < -0.39 is 34.6 Å². The van der Waals surface area contributed by atoms with Crippen molar-refractivity contribution in [3.05, 3.63) is 65.5 Å². The molecule has 0 N–H and O–H groups in total. The Hall–Kier alpha value is -2.59. The molecule has 0 amide bonds. The molecule has 1 aliphatic rings. The van der Waals surface area contributed by atoms with Crippen LogP contribution < -0.4 is 0 Å². The van der Waals surface area contributed by atoms with Gasteiger partial charge >= 0.3 is 6.18 Å². The van der Waals surface area contributed by atoms with Gasteiger partial charge in [0.25, 0.3) is 0 Å². The first-order valence-electron chi connectivity index (χ1n) is 11.0. The lowest BCUT2D eigenvalue weighted by atomic mass is 9.84. The van der Waals surface area contributed by atoms with Crippen molar-refractivity contribution < 1.29 is 26.3 Å². The van der Waals surface area contributed by atoms with E-state index in [1.807, 2.05) is 24.3 Å². The van der Waals surface area contributed by atoms with Crippen molar-refractivity contribution in [3.63, 3.8) is 0 Å². The first-order valence-corrected chi connectivity index (χ1v) is 12.0. The summed E-state index contributed by atoms with van der Waals surface area (Å²) in [5.74, 6) is 1.12. The van der Waals surface area contributed by atoms with Crippen molar-refractivity contribution in [3.8, 4) is 23.0 Å². The third-order valence-electron chi connectivity index (χ3n) is 6.22. The summed E-state index contributed by atoms with van der Waals surface area (Å²) in [5, 5.41) is -0.682. The average molecular weight is 493 g/mol. The van der Waals surface area contributed by atoms with E-state index in [9.17, 15) is 26.3 Å². The van der Waals surface area contributed by atoms with E-state index in [4.69, 9.17) is 0 Å². The molecule has 34 heavy (non-hydrogen) atoms. The van der Waals surface area contributed by atoms with Gasteiger partial charge < -0.3 is 0 Å². The molecular weight excluding hydrogens is 470 g/mol. The molecule has 1 saturated carbocycles. The van der Waals surface area contributed by atoms with Gasteiger partial charge in [0.1, 0.15) is 11.6 Å². The molecule has 1 fully saturated rings. The lowest BCUT2D eigenvalue weighted by Crippen LogP contribution is -2.14. The quantitative estimate of drug-likeness (QED) is 0.199. The highest BCUT2D eigenvalue weighted by atomic mass is 32.2. The number of hydrogen-bond donors (Lipinski definition) is 0. The standard InChI is InChI=1S/C27H22F6S/c1-16-2-4-17(5-3-16)15-34-21-8-6-18(7-9-21)19-12-20-14-23(28)22(10-11-27(31,32)33)26(30)25(20)24(29)13-19/h6-9,12-14,16-17H,2-5,15H2,1H3. The summed E-state index contributed by atoms with van der Waals surface area (Å²) >= 11 is 1.78. The molecule has 0 aliphatic heterocycles. The van der Waals surface area contributed by atoms with Gasteiger partial charge in [-0.05, 0) is 71.5 Å². The molecule has 0 radical (unpaired) electrons. The number of rotatable bonds is 4. The van der Waals surface area contributed by atoms with Gasteiger partial charge in [-0.15, -0.1) is 11.8 Å². The Morgan fingerprint density at radius 1 is 0.882 bits per heavy atom. The first-order chi connectivity index (χ1) is 16.1. The fourth-order valence-corrected chi connectivity index (χ4v) is 5.37. The van der Waals surface area contributed by atoms with Crippen LogP contribution in [0.5, 0.6) is 0 Å². The summed E-state index contributed by atoms with van der Waals surface area (Å²) in [6.45, 7) is 2.29. The summed E-state index contributed by atoms with van der Waals surface area (Å²) in [6.07, 6.45) is 0.124. The van der Waals surface area contributed by atoms with Crippen molar-refractivity contribution in [1.29, 1.82) is 0 Å². The Balaban J connectivity index is 1.57. The van der Waals surface area contributed by atoms with Crippen LogP contribution in [0, 0.1) is 41.1 Å². The van der Waals surface area contributed by atoms with Crippen LogP contribution in [0.25, 0.3) is 21.9 Å². The van der Waals surface area contributed by atoms with Gasteiger partial charge in [-0.3, -0.25) is 0 Å². The summed E-state index contributed by atoms with van der Waals surface area (Å²) in [5.41, 5.74) is -0.0283. The topological polar surface area (TPSA) is 0 Å². The van der Waals surface area contributed by atoms with E-state index in [0.29, 0.717) is 17.0 Å². The van der Waals surface area contributed by atoms with Gasteiger partial charge in [0.2, 0.25) is 0 Å². The minimum atomic E-state index is -4.92. The Bertz CT molecular complexity index is 1240. The molecule has 0 aromatic heterocycles. The van der Waals surface area contributed by atoms with Crippen molar-refractivity contribution >= 4 is 22.5 Å². The summed E-state index contributed by atoms with van der Waals surface area (Å²) < 4.78 is 80.7. The Morgan fingerprint density at radius 2 is 1.56 bits per heavy atom. The molecule has 3 aromatic carbocycles. The fourth-order valence-electron chi connectivity index (χ4n) is 4.28. The smallest absolute Gasteiger partial charge is 0.206 e. The van der Waals surface area contributed by atoms with Crippen LogP contribution in [0.2, 0.25) is 0 Å². The summed E-state index contributed by atoms with van der Waals surface area (Å²) in [6, 6.07) is 10.8. The zero-order chi connectivity index (χ0) is 24.5. The highest BCUT2D eigenvalue weighted by molar-refractivity contribution is 7.99. The van der Waals surface area contributed by atoms with E-state index in [2.05, 4.69) is 6.92 Å². The normalized spacial score (nSPS) is 18.6. The van der Waals surface area contributed by atoms with Crippen LogP contribution in [-0.2, 0) is 0 Å². The Labute approximate surface area is 198 Å². The Kier molecular flexibility index (Phi) is 7.18. The van der Waals surface area contributed by atoms with Crippen LogP contribution in [0.4, 0.5) is 26.3 Å². The fraction of sp³-hybridized carbons (Fsp3) is 0.333. The maximum absolute atomic E-state index is 14.8. The molecule has 178 valence electrons. The van der Waals surface area contributed by atoms with E-state index in [1.54, 1.807) is 11.8 Å². The SMILES string of the molecule is CC1CCC(CSc2ccc(-c3cc(F)c4c(F)c(C#CC(F)(F)F)c(F)cc4c3)cc2)CC1. The molecule has 0 unspecified atom stereocenters. The lowest BCUT2D eigenvalue weighted by Gasteiger charge is -2.25. The van der Waals surface area contributed by atoms with Crippen molar-refractivity contribution in [2.45, 2.75) is 43.7 Å². The molecule has 0 nitrogen and oxygen atoms in total. The molecule has 4 rings (SSSR count). The molecule has 1 aliphatic carbocycles. The number of benzene rings is 3. The number of thioether (sulfide) groups is 1. The van der Waals surface area contributed by atoms with Crippen LogP contribution in [0.1, 0.15) is 38.2 Å². The number of halogens is 6. The molecule has 0 saturated heterocycles. The first kappa shape index (κ1) is 24.5. The minimum absolute atomic E-state index is 0.0902. The van der Waals surface area contributed by atoms with Gasteiger partial charge in [0, 0.05) is 16.6 Å². The maximum Gasteiger partial charge on any atom is 0.458 e. The van der Waals surface area contributed by atoms with Gasteiger partial charge in [0.05, 0.1) is 10.9 Å². The van der Waals surface area contributed by atoms with Gasteiger partial charge in [-0.25, -0.2) is 13.2 Å². The molecular formula is C27H22F6S. The Morgan fingerprint density at radius 3 is 2.21 bits per heavy atom. The minimum Gasteiger partial charge on any atom is -0.206 e. The number of alkyl halides is 3. The van der Waals surface area contributed by atoms with E-state index in [-0.39, 0.29) is 5.39 Å². The maximum atomic E-state index is 14.8. The number of hydrogen-bond acceptors (Lipinski definition) is 1. The molecule has 0 heterocycles. The molecule has 7 heteroatoms. The van der Waals surface area contributed by atoms with Crippen LogP contribution >= 0.6 is 11.8 Å². The summed E-state index contributed by atoms with van der Waals surface area (Å²) in [7, 11) is 0. The predicted molar refractivity (Wildman–Crippen MR) is 124 cm³/mol. The third kappa shape index (κ3) is 5.72. The van der Waals surface area contributed by atoms with Crippen LogP contribution in [0.3, 0.4) is 0 Å². The molecule has 0 spiro atoms. The predicted octanol–water partition coefficient (Wildman–Crippen LogP) is 8.76.